The molecule has 4 aromatic carbocycles. The van der Waals surface area contributed by atoms with Crippen LogP contribution in [-0.2, 0) is 29.3 Å². The molecule has 6 heteroatoms. The summed E-state index contributed by atoms with van der Waals surface area (Å²) in [7, 11) is 0. The Hall–Kier alpha value is -3.75. The van der Waals surface area contributed by atoms with Crippen molar-refractivity contribution in [2.24, 2.45) is 0 Å². The van der Waals surface area contributed by atoms with Crippen LogP contribution in [0.1, 0.15) is 16.7 Å². The highest BCUT2D eigenvalue weighted by Gasteiger charge is 2.50. The molecular weight excluding hydrogens is 593 g/mol. The van der Waals surface area contributed by atoms with Crippen molar-refractivity contribution in [3.63, 3.8) is 0 Å². The fourth-order valence-corrected chi connectivity index (χ4v) is 6.97. The molecule has 46 heavy (non-hydrogen) atoms. The summed E-state index contributed by atoms with van der Waals surface area (Å²) < 4.78 is 33.4. The Labute approximate surface area is 277 Å². The molecule has 0 bridgehead atoms. The second-order valence-corrected chi connectivity index (χ2v) is 12.0. The summed E-state index contributed by atoms with van der Waals surface area (Å²) in [5.74, 6) is 0. The lowest BCUT2D eigenvalue weighted by molar-refractivity contribution is -0.245. The zero-order valence-electron chi connectivity index (χ0n) is 26.1. The van der Waals surface area contributed by atoms with Crippen molar-refractivity contribution in [1.29, 1.82) is 0 Å². The van der Waals surface area contributed by atoms with Crippen molar-refractivity contribution < 1.29 is 23.7 Å². The van der Waals surface area contributed by atoms with Crippen LogP contribution in [0.2, 0.25) is 0 Å². The molecule has 1 aliphatic heterocycles. The average molecular weight is 635 g/mol. The van der Waals surface area contributed by atoms with E-state index in [-0.39, 0.29) is 6.61 Å². The normalized spacial score (nSPS) is 21.3. The molecule has 0 saturated carbocycles. The van der Waals surface area contributed by atoms with Gasteiger partial charge in [-0.25, -0.2) is 0 Å². The summed E-state index contributed by atoms with van der Waals surface area (Å²) >= 11 is 1.59. The van der Waals surface area contributed by atoms with E-state index in [0.717, 1.165) is 21.6 Å². The number of hydrogen-bond donors (Lipinski definition) is 0. The maximum absolute atomic E-state index is 7.23. The van der Waals surface area contributed by atoms with E-state index in [2.05, 4.69) is 68.3 Å². The van der Waals surface area contributed by atoms with Gasteiger partial charge >= 0.3 is 0 Å². The van der Waals surface area contributed by atoms with Crippen molar-refractivity contribution in [2.75, 3.05) is 26.4 Å². The molecule has 0 spiro atoms. The Morgan fingerprint density at radius 3 is 1.43 bits per heavy atom. The monoisotopic (exact) mass is 634 g/mol. The van der Waals surface area contributed by atoms with Gasteiger partial charge in [0.15, 0.2) is 0 Å². The highest BCUT2D eigenvalue weighted by molar-refractivity contribution is 7.99. The fourth-order valence-electron chi connectivity index (χ4n) is 5.82. The Morgan fingerprint density at radius 1 is 0.565 bits per heavy atom. The molecule has 5 nitrogen and oxygen atoms in total. The minimum Gasteiger partial charge on any atom is -0.369 e. The first-order valence-corrected chi connectivity index (χ1v) is 16.4. The van der Waals surface area contributed by atoms with E-state index < -0.39 is 35.5 Å². The fraction of sp³-hybridized carbons (Fsp3) is 0.250. The van der Waals surface area contributed by atoms with Crippen LogP contribution in [0, 0.1) is 0 Å². The van der Waals surface area contributed by atoms with Crippen LogP contribution < -0.4 is 0 Å². The lowest BCUT2D eigenvalue weighted by Gasteiger charge is -2.47. The summed E-state index contributed by atoms with van der Waals surface area (Å²) in [5, 5.41) is 0. The van der Waals surface area contributed by atoms with Gasteiger partial charge in [-0.05, 0) is 28.8 Å². The van der Waals surface area contributed by atoms with Crippen molar-refractivity contribution in [2.45, 2.75) is 40.3 Å². The molecule has 0 aromatic heterocycles. The molecule has 1 aliphatic rings. The summed E-state index contributed by atoms with van der Waals surface area (Å²) in [6.07, 6.45) is 3.21. The Balaban J connectivity index is 1.58. The second kappa shape index (κ2) is 17.2. The molecule has 1 saturated heterocycles. The van der Waals surface area contributed by atoms with E-state index in [9.17, 15) is 0 Å². The Morgan fingerprint density at radius 2 is 0.978 bits per heavy atom. The predicted molar refractivity (Wildman–Crippen MR) is 186 cm³/mol. The number of thioether (sulfide) groups is 1. The molecule has 4 aromatic rings. The topological polar surface area (TPSA) is 46.2 Å². The number of rotatable bonds is 17. The van der Waals surface area contributed by atoms with Crippen LogP contribution in [0.3, 0.4) is 0 Å². The second-order valence-electron chi connectivity index (χ2n) is 10.8. The summed E-state index contributed by atoms with van der Waals surface area (Å²) in [6.45, 7) is 12.8. The molecule has 0 unspecified atom stereocenters. The van der Waals surface area contributed by atoms with Crippen LogP contribution in [0.15, 0.2) is 164 Å². The molecule has 1 heterocycles. The molecule has 238 valence electrons. The molecule has 1 fully saturated rings. The van der Waals surface area contributed by atoms with Crippen LogP contribution in [0.25, 0.3) is 0 Å². The molecule has 0 N–H and O–H groups in total. The van der Waals surface area contributed by atoms with E-state index >= 15 is 0 Å². The molecule has 5 rings (SSSR count). The van der Waals surface area contributed by atoms with Gasteiger partial charge in [0, 0.05) is 4.90 Å². The van der Waals surface area contributed by atoms with Gasteiger partial charge in [-0.1, -0.05) is 139 Å². The summed E-state index contributed by atoms with van der Waals surface area (Å²) in [6, 6.07) is 41.1. The lowest BCUT2D eigenvalue weighted by atomic mass is 9.80. The highest BCUT2D eigenvalue weighted by atomic mass is 32.2. The van der Waals surface area contributed by atoms with Gasteiger partial charge in [0.25, 0.3) is 0 Å². The van der Waals surface area contributed by atoms with Crippen molar-refractivity contribution >= 4 is 11.8 Å². The maximum Gasteiger partial charge on any atom is 0.143 e. The van der Waals surface area contributed by atoms with Gasteiger partial charge in [0.05, 0.1) is 26.4 Å². The average Bonchev–Trinajstić information content (AvgIpc) is 3.12. The van der Waals surface area contributed by atoms with E-state index in [4.69, 9.17) is 23.7 Å². The van der Waals surface area contributed by atoms with Crippen molar-refractivity contribution in [3.8, 4) is 0 Å². The predicted octanol–water partition coefficient (Wildman–Crippen LogP) is 8.23. The summed E-state index contributed by atoms with van der Waals surface area (Å²) in [4.78, 5) is 1.06. The Kier molecular flexibility index (Phi) is 12.6. The lowest BCUT2D eigenvalue weighted by Crippen LogP contribution is -2.61. The van der Waals surface area contributed by atoms with Crippen LogP contribution in [0.4, 0.5) is 0 Å². The van der Waals surface area contributed by atoms with Gasteiger partial charge in [0.1, 0.15) is 35.5 Å². The van der Waals surface area contributed by atoms with Gasteiger partial charge in [0.2, 0.25) is 0 Å². The third-order valence-corrected chi connectivity index (χ3v) is 8.97. The molecule has 5 atom stereocenters. The van der Waals surface area contributed by atoms with Gasteiger partial charge in [-0.2, -0.15) is 0 Å². The van der Waals surface area contributed by atoms with Gasteiger partial charge in [-0.15, -0.1) is 19.7 Å². The van der Waals surface area contributed by atoms with E-state index in [1.807, 2.05) is 72.8 Å². The maximum atomic E-state index is 7.23. The standard InChI is InChI=1S/C40H42O5S/c1-4-27-41-36-35(45-39(46-34-25-17-10-18-26-34)38(43-29-6-3)37(36)42-28-5-2)30-44-40(31-19-11-7-12-20-31,32-21-13-8-14-22-32)33-23-15-9-16-24-33/h4-26,35-39H,1-3,27-30H2/t35-,36+,37-,38+,39+/m0/s1. The highest BCUT2D eigenvalue weighted by Crippen LogP contribution is 2.42. The number of ether oxygens (including phenoxy) is 5. The molecule has 0 aliphatic carbocycles. The number of benzene rings is 4. The van der Waals surface area contributed by atoms with Crippen LogP contribution in [0.5, 0.6) is 0 Å². The minimum atomic E-state index is -0.925. The van der Waals surface area contributed by atoms with Crippen molar-refractivity contribution in [3.05, 3.63) is 176 Å². The van der Waals surface area contributed by atoms with Gasteiger partial charge in [-0.3, -0.25) is 0 Å². The quantitative estimate of drug-likeness (QED) is 0.0862. The van der Waals surface area contributed by atoms with Crippen molar-refractivity contribution in [1.82, 2.24) is 0 Å². The zero-order chi connectivity index (χ0) is 32.0. The molecular formula is C40H42O5S. The first kappa shape index (κ1) is 33.6. The van der Waals surface area contributed by atoms with Crippen LogP contribution in [-0.4, -0.2) is 56.3 Å². The zero-order valence-corrected chi connectivity index (χ0v) is 26.9. The Bertz CT molecular complexity index is 1380. The first-order chi connectivity index (χ1) is 22.7. The molecule has 0 amide bonds. The van der Waals surface area contributed by atoms with E-state index in [1.165, 1.54) is 0 Å². The largest absolute Gasteiger partial charge is 0.369 e. The summed E-state index contributed by atoms with van der Waals surface area (Å²) in [5.41, 5.74) is 1.68. The third-order valence-electron chi connectivity index (χ3n) is 7.81. The van der Waals surface area contributed by atoms with Gasteiger partial charge < -0.3 is 23.7 Å². The smallest absolute Gasteiger partial charge is 0.143 e. The van der Waals surface area contributed by atoms with E-state index in [0.29, 0.717) is 19.8 Å². The minimum absolute atomic E-state index is 0.203. The van der Waals surface area contributed by atoms with E-state index in [1.54, 1.807) is 30.0 Å². The SMILES string of the molecule is C=CCO[C@@H]1[C@@H](OCC=C)[C@@H](Sc2ccccc2)O[C@@H](COC(c2ccccc2)(c2ccccc2)c2ccccc2)[C@H]1OCC=C. The third kappa shape index (κ3) is 7.96. The van der Waals surface area contributed by atoms with Crippen LogP contribution >= 0.6 is 11.8 Å². The first-order valence-electron chi connectivity index (χ1n) is 15.6. The number of hydrogen-bond acceptors (Lipinski definition) is 6. The molecule has 0 radical (unpaired) electrons.